The average Bonchev–Trinajstić information content (AvgIpc) is 3.11. The summed E-state index contributed by atoms with van der Waals surface area (Å²) in [6.45, 7) is 2.48. The van der Waals surface area contributed by atoms with Crippen LogP contribution in [0, 0.1) is 0 Å². The molecule has 6 nitrogen and oxygen atoms in total. The van der Waals surface area contributed by atoms with Crippen molar-refractivity contribution in [2.75, 3.05) is 31.1 Å². The Morgan fingerprint density at radius 3 is 1.94 bits per heavy atom. The van der Waals surface area contributed by atoms with Crippen LogP contribution in [0.4, 0.5) is 21.0 Å². The molecule has 4 rings (SSSR count). The lowest BCUT2D eigenvalue weighted by atomic mass is 10.2. The number of nitrogens with one attached hydrogen (secondary N) is 1. The molecule has 170 valence electrons. The number of benzene rings is 3. The van der Waals surface area contributed by atoms with Crippen LogP contribution in [0.2, 0.25) is 5.02 Å². The number of amides is 4. The van der Waals surface area contributed by atoms with Gasteiger partial charge in [0, 0.05) is 37.7 Å². The predicted octanol–water partition coefficient (Wildman–Crippen LogP) is 5.52. The zero-order valence-electron chi connectivity index (χ0n) is 18.4. The number of hydrogen-bond donors (Lipinski definition) is 1. The molecule has 0 saturated carbocycles. The highest BCUT2D eigenvalue weighted by Gasteiger charge is 2.27. The summed E-state index contributed by atoms with van der Waals surface area (Å²) < 4.78 is 0. The zero-order valence-corrected chi connectivity index (χ0v) is 19.1. The number of para-hydroxylation sites is 2. The first kappa shape index (κ1) is 22.7. The van der Waals surface area contributed by atoms with Crippen molar-refractivity contribution in [3.8, 4) is 0 Å². The van der Waals surface area contributed by atoms with Gasteiger partial charge in [0.05, 0.1) is 11.4 Å². The second-order valence-corrected chi connectivity index (χ2v) is 8.27. The summed E-state index contributed by atoms with van der Waals surface area (Å²) in [7, 11) is 0. The molecule has 3 aromatic rings. The molecule has 4 amide bonds. The number of rotatable bonds is 4. The highest BCUT2D eigenvalue weighted by Crippen LogP contribution is 2.27. The van der Waals surface area contributed by atoms with Crippen molar-refractivity contribution < 1.29 is 9.59 Å². The number of urea groups is 2. The third kappa shape index (κ3) is 5.65. The molecule has 1 saturated heterocycles. The summed E-state index contributed by atoms with van der Waals surface area (Å²) in [5, 5.41) is 3.58. The molecule has 1 heterocycles. The van der Waals surface area contributed by atoms with Crippen LogP contribution in [0.5, 0.6) is 0 Å². The number of carbonyl (C=O) groups excluding carboxylic acids is 2. The second-order valence-electron chi connectivity index (χ2n) is 7.87. The molecule has 0 atom stereocenters. The van der Waals surface area contributed by atoms with Gasteiger partial charge in [-0.1, -0.05) is 66.2 Å². The number of nitrogens with zero attached hydrogens (tertiary/aromatic N) is 3. The van der Waals surface area contributed by atoms with Crippen LogP contribution in [0.1, 0.15) is 12.0 Å². The van der Waals surface area contributed by atoms with Crippen molar-refractivity contribution in [2.45, 2.75) is 13.0 Å². The van der Waals surface area contributed by atoms with Gasteiger partial charge in [-0.15, -0.1) is 0 Å². The van der Waals surface area contributed by atoms with Crippen LogP contribution < -0.4 is 10.2 Å². The van der Waals surface area contributed by atoms with E-state index in [2.05, 4.69) is 5.32 Å². The monoisotopic (exact) mass is 462 g/mol. The number of carbonyl (C=O) groups is 2. The van der Waals surface area contributed by atoms with Gasteiger partial charge >= 0.3 is 12.1 Å². The molecule has 0 bridgehead atoms. The predicted molar refractivity (Wildman–Crippen MR) is 132 cm³/mol. The zero-order chi connectivity index (χ0) is 23.0. The van der Waals surface area contributed by atoms with E-state index in [1.807, 2.05) is 89.8 Å². The smallest absolute Gasteiger partial charge is 0.329 e. The summed E-state index contributed by atoms with van der Waals surface area (Å²) in [6.07, 6.45) is 0.711. The van der Waals surface area contributed by atoms with Crippen LogP contribution in [-0.2, 0) is 6.54 Å². The molecule has 3 aromatic carbocycles. The van der Waals surface area contributed by atoms with E-state index in [4.69, 9.17) is 11.6 Å². The van der Waals surface area contributed by atoms with Crippen molar-refractivity contribution in [3.05, 3.63) is 95.5 Å². The molecule has 0 spiro atoms. The van der Waals surface area contributed by atoms with E-state index in [1.54, 1.807) is 9.80 Å². The molecule has 0 aliphatic carbocycles. The Kier molecular flexibility index (Phi) is 7.47. The largest absolute Gasteiger partial charge is 0.334 e. The van der Waals surface area contributed by atoms with E-state index in [9.17, 15) is 9.59 Å². The first-order chi connectivity index (χ1) is 16.1. The quantitative estimate of drug-likeness (QED) is 0.555. The number of hydrogen-bond acceptors (Lipinski definition) is 2. The molecule has 33 heavy (non-hydrogen) atoms. The van der Waals surface area contributed by atoms with Crippen molar-refractivity contribution >= 4 is 35.0 Å². The Morgan fingerprint density at radius 1 is 0.758 bits per heavy atom. The second kappa shape index (κ2) is 10.9. The van der Waals surface area contributed by atoms with Gasteiger partial charge in [0.1, 0.15) is 0 Å². The van der Waals surface area contributed by atoms with Crippen LogP contribution >= 0.6 is 11.6 Å². The summed E-state index contributed by atoms with van der Waals surface area (Å²) in [6, 6.07) is 26.5. The van der Waals surface area contributed by atoms with Gasteiger partial charge in [0.25, 0.3) is 0 Å². The molecule has 1 aliphatic rings. The van der Waals surface area contributed by atoms with Gasteiger partial charge in [-0.25, -0.2) is 9.59 Å². The molecule has 1 fully saturated rings. The SMILES string of the molecule is O=C(NCc1ccccc1Cl)N1CCCN(C(=O)N(c2ccccc2)c2ccccc2)CC1. The Balaban J connectivity index is 1.42. The molecule has 0 aromatic heterocycles. The van der Waals surface area contributed by atoms with Gasteiger partial charge in [-0.2, -0.15) is 0 Å². The summed E-state index contributed by atoms with van der Waals surface area (Å²) >= 11 is 6.19. The van der Waals surface area contributed by atoms with Gasteiger partial charge in [-0.05, 0) is 42.3 Å². The maximum Gasteiger partial charge on any atom is 0.329 e. The fraction of sp³-hybridized carbons (Fsp3) is 0.231. The molecular formula is C26H27ClN4O2. The van der Waals surface area contributed by atoms with Crippen molar-refractivity contribution in [1.82, 2.24) is 15.1 Å². The number of anilines is 2. The minimum Gasteiger partial charge on any atom is -0.334 e. The van der Waals surface area contributed by atoms with Gasteiger partial charge in [-0.3, -0.25) is 4.90 Å². The van der Waals surface area contributed by atoms with Crippen LogP contribution in [0.15, 0.2) is 84.9 Å². The van der Waals surface area contributed by atoms with E-state index in [0.717, 1.165) is 16.9 Å². The maximum absolute atomic E-state index is 13.6. The van der Waals surface area contributed by atoms with Crippen molar-refractivity contribution in [3.63, 3.8) is 0 Å². The Hall–Kier alpha value is -3.51. The summed E-state index contributed by atoms with van der Waals surface area (Å²) in [4.78, 5) is 31.7. The average molecular weight is 463 g/mol. The lowest BCUT2D eigenvalue weighted by Crippen LogP contribution is -2.44. The third-order valence-electron chi connectivity index (χ3n) is 5.66. The fourth-order valence-corrected chi connectivity index (χ4v) is 4.10. The van der Waals surface area contributed by atoms with Crippen molar-refractivity contribution in [1.29, 1.82) is 0 Å². The first-order valence-corrected chi connectivity index (χ1v) is 11.5. The van der Waals surface area contributed by atoms with E-state index in [0.29, 0.717) is 44.2 Å². The van der Waals surface area contributed by atoms with E-state index in [-0.39, 0.29) is 12.1 Å². The van der Waals surface area contributed by atoms with Crippen LogP contribution in [0.3, 0.4) is 0 Å². The molecule has 0 radical (unpaired) electrons. The first-order valence-electron chi connectivity index (χ1n) is 11.1. The van der Waals surface area contributed by atoms with Gasteiger partial charge in [0.2, 0.25) is 0 Å². The third-order valence-corrected chi connectivity index (χ3v) is 6.03. The van der Waals surface area contributed by atoms with Crippen LogP contribution in [-0.4, -0.2) is 48.0 Å². The lowest BCUT2D eigenvalue weighted by Gasteiger charge is -2.30. The fourth-order valence-electron chi connectivity index (χ4n) is 3.90. The van der Waals surface area contributed by atoms with Gasteiger partial charge < -0.3 is 15.1 Å². The van der Waals surface area contributed by atoms with Crippen LogP contribution in [0.25, 0.3) is 0 Å². The normalized spacial score (nSPS) is 13.8. The summed E-state index contributed by atoms with van der Waals surface area (Å²) in [5.41, 5.74) is 2.50. The lowest BCUT2D eigenvalue weighted by molar-refractivity contribution is 0.194. The maximum atomic E-state index is 13.6. The minimum absolute atomic E-state index is 0.0919. The Morgan fingerprint density at radius 2 is 1.30 bits per heavy atom. The standard InChI is InChI=1S/C26H27ClN4O2/c27-24-15-8-7-10-21(24)20-28-25(32)29-16-9-17-30(19-18-29)26(33)31(22-11-3-1-4-12-22)23-13-5-2-6-14-23/h1-8,10-15H,9,16-20H2,(H,28,32). The van der Waals surface area contributed by atoms with Crippen molar-refractivity contribution in [2.24, 2.45) is 0 Å². The molecule has 1 aliphatic heterocycles. The summed E-state index contributed by atoms with van der Waals surface area (Å²) in [5.74, 6) is 0. The molecule has 0 unspecified atom stereocenters. The Labute approximate surface area is 199 Å². The molecule has 1 N–H and O–H groups in total. The van der Waals surface area contributed by atoms with E-state index >= 15 is 0 Å². The highest BCUT2D eigenvalue weighted by molar-refractivity contribution is 6.31. The molecular weight excluding hydrogens is 436 g/mol. The Bertz CT molecular complexity index is 1040. The topological polar surface area (TPSA) is 55.9 Å². The van der Waals surface area contributed by atoms with E-state index < -0.39 is 0 Å². The highest BCUT2D eigenvalue weighted by atomic mass is 35.5. The molecule has 7 heteroatoms. The minimum atomic E-state index is -0.146. The van der Waals surface area contributed by atoms with Gasteiger partial charge in [0.15, 0.2) is 0 Å². The number of halogens is 1. The van der Waals surface area contributed by atoms with E-state index in [1.165, 1.54) is 0 Å².